The number of anilines is 1. The standard InChI is InChI=1S/C22H20BrCl2N5O2S/c1-3-10-30-20(13(2)26-21(32)14-4-6-15(24)7-5-14)28-29-22(30)33-12-19(31)27-16-8-9-17(23)18(25)11-16/h3-9,11,13H,1,10,12H2,2H3,(H,26,32)(H,27,31)/t13-/m1/s1. The van der Waals surface area contributed by atoms with Crippen molar-refractivity contribution < 1.29 is 9.59 Å². The molecule has 0 aliphatic rings. The third kappa shape index (κ3) is 6.83. The van der Waals surface area contributed by atoms with Gasteiger partial charge in [0.25, 0.3) is 5.91 Å². The highest BCUT2D eigenvalue weighted by molar-refractivity contribution is 9.10. The summed E-state index contributed by atoms with van der Waals surface area (Å²) in [6, 6.07) is 11.4. The van der Waals surface area contributed by atoms with Gasteiger partial charge in [-0.15, -0.1) is 16.8 Å². The first-order chi connectivity index (χ1) is 15.8. The normalized spacial score (nSPS) is 11.6. The Morgan fingerprint density at radius 2 is 1.94 bits per heavy atom. The lowest BCUT2D eigenvalue weighted by molar-refractivity contribution is -0.113. The smallest absolute Gasteiger partial charge is 0.251 e. The van der Waals surface area contributed by atoms with Crippen molar-refractivity contribution in [1.29, 1.82) is 0 Å². The van der Waals surface area contributed by atoms with E-state index >= 15 is 0 Å². The number of rotatable bonds is 9. The average molecular weight is 569 g/mol. The molecule has 3 aromatic rings. The van der Waals surface area contributed by atoms with Crippen LogP contribution in [0.5, 0.6) is 0 Å². The Labute approximate surface area is 214 Å². The summed E-state index contributed by atoms with van der Waals surface area (Å²) in [5.41, 5.74) is 1.08. The predicted molar refractivity (Wildman–Crippen MR) is 136 cm³/mol. The Kier molecular flexibility index (Phi) is 8.96. The maximum Gasteiger partial charge on any atom is 0.251 e. The van der Waals surface area contributed by atoms with Crippen molar-refractivity contribution in [3.63, 3.8) is 0 Å². The van der Waals surface area contributed by atoms with Crippen LogP contribution in [0.2, 0.25) is 10.0 Å². The molecule has 1 atom stereocenters. The van der Waals surface area contributed by atoms with Gasteiger partial charge in [-0.25, -0.2) is 0 Å². The fourth-order valence-electron chi connectivity index (χ4n) is 2.87. The van der Waals surface area contributed by atoms with E-state index in [-0.39, 0.29) is 17.6 Å². The molecule has 33 heavy (non-hydrogen) atoms. The number of allylic oxidation sites excluding steroid dienone is 1. The molecule has 3 rings (SSSR count). The van der Waals surface area contributed by atoms with Crippen LogP contribution in [0.3, 0.4) is 0 Å². The minimum absolute atomic E-state index is 0.120. The fraction of sp³-hybridized carbons (Fsp3) is 0.182. The number of nitrogens with zero attached hydrogens (tertiary/aromatic N) is 3. The molecular weight excluding hydrogens is 549 g/mol. The lowest BCUT2D eigenvalue weighted by Crippen LogP contribution is -2.28. The molecule has 0 bridgehead atoms. The van der Waals surface area contributed by atoms with Crippen molar-refractivity contribution in [1.82, 2.24) is 20.1 Å². The number of aromatic nitrogens is 3. The quantitative estimate of drug-likeness (QED) is 0.253. The van der Waals surface area contributed by atoms with Gasteiger partial charge in [-0.05, 0) is 65.3 Å². The van der Waals surface area contributed by atoms with E-state index in [4.69, 9.17) is 23.2 Å². The van der Waals surface area contributed by atoms with Crippen molar-refractivity contribution >= 4 is 68.4 Å². The summed E-state index contributed by atoms with van der Waals surface area (Å²) in [5.74, 6) is 0.208. The summed E-state index contributed by atoms with van der Waals surface area (Å²) < 4.78 is 2.56. The summed E-state index contributed by atoms with van der Waals surface area (Å²) in [4.78, 5) is 24.9. The number of benzene rings is 2. The van der Waals surface area contributed by atoms with Crippen LogP contribution in [0, 0.1) is 0 Å². The van der Waals surface area contributed by atoms with Gasteiger partial charge < -0.3 is 15.2 Å². The molecular formula is C22H20BrCl2N5O2S. The largest absolute Gasteiger partial charge is 0.342 e. The van der Waals surface area contributed by atoms with Crippen LogP contribution in [0.25, 0.3) is 0 Å². The highest BCUT2D eigenvalue weighted by Gasteiger charge is 2.20. The van der Waals surface area contributed by atoms with E-state index in [0.29, 0.717) is 38.8 Å². The second-order valence-corrected chi connectivity index (χ2v) is 9.55. The second-order valence-electron chi connectivity index (χ2n) is 6.91. The maximum atomic E-state index is 12.5. The lowest BCUT2D eigenvalue weighted by Gasteiger charge is -2.15. The van der Waals surface area contributed by atoms with Crippen molar-refractivity contribution in [2.75, 3.05) is 11.1 Å². The highest BCUT2D eigenvalue weighted by Crippen LogP contribution is 2.26. The van der Waals surface area contributed by atoms with Crippen LogP contribution in [0.15, 0.2) is 64.7 Å². The number of thioether (sulfide) groups is 1. The van der Waals surface area contributed by atoms with Crippen molar-refractivity contribution in [3.05, 3.63) is 81.0 Å². The zero-order chi connectivity index (χ0) is 24.0. The van der Waals surface area contributed by atoms with E-state index in [0.717, 1.165) is 4.47 Å². The van der Waals surface area contributed by atoms with Gasteiger partial charge in [-0.2, -0.15) is 0 Å². The summed E-state index contributed by atoms with van der Waals surface area (Å²) in [5, 5.41) is 15.7. The zero-order valence-electron chi connectivity index (χ0n) is 17.5. The number of hydrogen-bond acceptors (Lipinski definition) is 5. The van der Waals surface area contributed by atoms with Crippen molar-refractivity contribution in [2.45, 2.75) is 24.7 Å². The van der Waals surface area contributed by atoms with E-state index < -0.39 is 6.04 Å². The van der Waals surface area contributed by atoms with Crippen LogP contribution in [-0.4, -0.2) is 32.3 Å². The van der Waals surface area contributed by atoms with Crippen molar-refractivity contribution in [2.24, 2.45) is 0 Å². The van der Waals surface area contributed by atoms with Gasteiger partial charge in [0, 0.05) is 27.3 Å². The molecule has 7 nitrogen and oxygen atoms in total. The Balaban J connectivity index is 1.65. The first-order valence-electron chi connectivity index (χ1n) is 9.76. The third-order valence-electron chi connectivity index (χ3n) is 4.43. The Bertz CT molecular complexity index is 1170. The number of amides is 2. The van der Waals surface area contributed by atoms with E-state index in [2.05, 4.69) is 43.3 Å². The van der Waals surface area contributed by atoms with Gasteiger partial charge in [-0.3, -0.25) is 9.59 Å². The predicted octanol–water partition coefficient (Wildman–Crippen LogP) is 5.76. The molecule has 2 aromatic carbocycles. The molecule has 2 N–H and O–H groups in total. The molecule has 0 radical (unpaired) electrons. The van der Waals surface area contributed by atoms with Crippen LogP contribution < -0.4 is 10.6 Å². The molecule has 11 heteroatoms. The van der Waals surface area contributed by atoms with E-state index in [1.54, 1.807) is 48.5 Å². The number of hydrogen-bond donors (Lipinski definition) is 2. The molecule has 1 heterocycles. The number of carbonyl (C=O) groups excluding carboxylic acids is 2. The SMILES string of the molecule is C=CCn1c(SCC(=O)Nc2ccc(Br)c(Cl)c2)nnc1[C@@H](C)NC(=O)c1ccc(Cl)cc1. The van der Waals surface area contributed by atoms with Gasteiger partial charge in [0.15, 0.2) is 11.0 Å². The van der Waals surface area contributed by atoms with Crippen LogP contribution in [0.1, 0.15) is 29.1 Å². The van der Waals surface area contributed by atoms with Crippen LogP contribution in [0.4, 0.5) is 5.69 Å². The molecule has 0 aliphatic carbocycles. The number of nitrogens with one attached hydrogen (secondary N) is 2. The molecule has 0 unspecified atom stereocenters. The van der Waals surface area contributed by atoms with Gasteiger partial charge in [-0.1, -0.05) is 41.0 Å². The van der Waals surface area contributed by atoms with Crippen LogP contribution in [-0.2, 0) is 11.3 Å². The third-order valence-corrected chi connectivity index (χ3v) is 6.89. The van der Waals surface area contributed by atoms with Gasteiger partial charge >= 0.3 is 0 Å². The summed E-state index contributed by atoms with van der Waals surface area (Å²) in [6.45, 7) is 6.02. The average Bonchev–Trinajstić information content (AvgIpc) is 3.18. The molecule has 172 valence electrons. The topological polar surface area (TPSA) is 88.9 Å². The molecule has 0 aliphatic heterocycles. The summed E-state index contributed by atoms with van der Waals surface area (Å²) >= 11 is 16.5. The minimum atomic E-state index is -0.422. The first-order valence-corrected chi connectivity index (χ1v) is 12.3. The maximum absolute atomic E-state index is 12.5. The molecule has 1 aromatic heterocycles. The zero-order valence-corrected chi connectivity index (χ0v) is 21.4. The van der Waals surface area contributed by atoms with E-state index in [1.807, 2.05) is 11.5 Å². The molecule has 0 saturated carbocycles. The molecule has 2 amide bonds. The second kappa shape index (κ2) is 11.7. The molecule has 0 fully saturated rings. The van der Waals surface area contributed by atoms with Gasteiger partial charge in [0.1, 0.15) is 0 Å². The van der Waals surface area contributed by atoms with E-state index in [9.17, 15) is 9.59 Å². The summed E-state index contributed by atoms with van der Waals surface area (Å²) in [7, 11) is 0. The Morgan fingerprint density at radius 1 is 1.21 bits per heavy atom. The highest BCUT2D eigenvalue weighted by atomic mass is 79.9. The Hall–Kier alpha value is -2.33. The van der Waals surface area contributed by atoms with Crippen LogP contribution >= 0.6 is 50.9 Å². The van der Waals surface area contributed by atoms with Gasteiger partial charge in [0.2, 0.25) is 5.91 Å². The number of carbonyl (C=O) groups is 2. The fourth-order valence-corrected chi connectivity index (χ4v) is 4.18. The molecule has 0 spiro atoms. The lowest BCUT2D eigenvalue weighted by atomic mass is 10.2. The number of halogens is 3. The van der Waals surface area contributed by atoms with Gasteiger partial charge in [0.05, 0.1) is 16.8 Å². The molecule has 0 saturated heterocycles. The Morgan fingerprint density at radius 3 is 2.61 bits per heavy atom. The minimum Gasteiger partial charge on any atom is -0.342 e. The summed E-state index contributed by atoms with van der Waals surface area (Å²) in [6.07, 6.45) is 1.70. The van der Waals surface area contributed by atoms with E-state index in [1.165, 1.54) is 11.8 Å². The van der Waals surface area contributed by atoms with Crippen molar-refractivity contribution in [3.8, 4) is 0 Å². The first kappa shape index (κ1) is 25.3. The monoisotopic (exact) mass is 567 g/mol.